The van der Waals surface area contributed by atoms with Gasteiger partial charge in [-0.2, -0.15) is 0 Å². The van der Waals surface area contributed by atoms with Gasteiger partial charge >= 0.3 is 0 Å². The zero-order valence-electron chi connectivity index (χ0n) is 12.5. The number of anilines is 1. The molecule has 0 bridgehead atoms. The van der Waals surface area contributed by atoms with E-state index in [2.05, 4.69) is 27.9 Å². The van der Waals surface area contributed by atoms with Crippen molar-refractivity contribution < 1.29 is 4.79 Å². The maximum Gasteiger partial charge on any atom is 0.256 e. The van der Waals surface area contributed by atoms with E-state index in [-0.39, 0.29) is 5.91 Å². The summed E-state index contributed by atoms with van der Waals surface area (Å²) in [5.74, 6) is -0.0389. The van der Waals surface area contributed by atoms with E-state index in [1.54, 1.807) is 0 Å². The van der Waals surface area contributed by atoms with Crippen molar-refractivity contribution in [1.29, 1.82) is 0 Å². The number of hydrogen-bond donors (Lipinski definition) is 1. The molecule has 23 heavy (non-hydrogen) atoms. The average Bonchev–Trinajstić information content (AvgIpc) is 3.02. The summed E-state index contributed by atoms with van der Waals surface area (Å²) in [5, 5.41) is 3.98. The topological polar surface area (TPSA) is 42.0 Å². The highest BCUT2D eigenvalue weighted by Gasteiger charge is 2.23. The molecular weight excluding hydrogens is 399 g/mol. The van der Waals surface area contributed by atoms with Gasteiger partial charge in [0.2, 0.25) is 0 Å². The smallest absolute Gasteiger partial charge is 0.256 e. The highest BCUT2D eigenvalue weighted by atomic mass is 127. The van der Waals surface area contributed by atoms with Crippen LogP contribution in [0, 0.1) is 3.57 Å². The molecule has 1 aliphatic carbocycles. The minimum atomic E-state index is -0.0389. The van der Waals surface area contributed by atoms with Crippen LogP contribution in [-0.2, 0) is 12.8 Å². The van der Waals surface area contributed by atoms with E-state index in [1.165, 1.54) is 0 Å². The first kappa shape index (κ1) is 14.6. The fourth-order valence-electron chi connectivity index (χ4n) is 3.20. The predicted octanol–water partition coefficient (Wildman–Crippen LogP) is 4.58. The zero-order valence-corrected chi connectivity index (χ0v) is 14.6. The molecule has 114 valence electrons. The van der Waals surface area contributed by atoms with Crippen LogP contribution in [-0.4, -0.2) is 10.9 Å². The van der Waals surface area contributed by atoms with Gasteiger partial charge in [-0.05, 0) is 77.7 Å². The number of halogens is 1. The Kier molecular flexibility index (Phi) is 3.77. The van der Waals surface area contributed by atoms with E-state index in [0.29, 0.717) is 0 Å². The van der Waals surface area contributed by atoms with Gasteiger partial charge in [0.05, 0.1) is 11.1 Å². The molecule has 0 radical (unpaired) electrons. The Morgan fingerprint density at radius 3 is 2.65 bits per heavy atom. The molecule has 1 heterocycles. The number of benzene rings is 2. The minimum absolute atomic E-state index is 0.0389. The lowest BCUT2D eigenvalue weighted by Gasteiger charge is -2.12. The van der Waals surface area contributed by atoms with E-state index < -0.39 is 0 Å². The van der Waals surface area contributed by atoms with Crippen LogP contribution >= 0.6 is 22.6 Å². The van der Waals surface area contributed by atoms with Crippen molar-refractivity contribution in [2.75, 3.05) is 5.32 Å². The van der Waals surface area contributed by atoms with Gasteiger partial charge in [0.25, 0.3) is 5.91 Å². The number of para-hydroxylation sites is 1. The summed E-state index contributed by atoms with van der Waals surface area (Å²) in [6.07, 6.45) is 2.97. The van der Waals surface area contributed by atoms with Crippen LogP contribution < -0.4 is 5.32 Å². The molecule has 4 rings (SSSR count). The Hall–Kier alpha value is -1.95. The maximum atomic E-state index is 12.9. The minimum Gasteiger partial charge on any atom is -0.322 e. The molecule has 0 saturated heterocycles. The van der Waals surface area contributed by atoms with Crippen LogP contribution in [0.15, 0.2) is 48.5 Å². The summed E-state index contributed by atoms with van der Waals surface area (Å²) in [7, 11) is 0. The first-order valence-corrected chi connectivity index (χ1v) is 8.77. The number of aromatic nitrogens is 1. The summed E-state index contributed by atoms with van der Waals surface area (Å²) in [6, 6.07) is 15.8. The number of fused-ring (bicyclic) bond motifs is 2. The van der Waals surface area contributed by atoms with E-state index in [9.17, 15) is 4.79 Å². The van der Waals surface area contributed by atoms with Crippen molar-refractivity contribution in [3.8, 4) is 0 Å². The van der Waals surface area contributed by atoms with Crippen molar-refractivity contribution in [2.24, 2.45) is 0 Å². The van der Waals surface area contributed by atoms with E-state index in [0.717, 1.165) is 56.2 Å². The van der Waals surface area contributed by atoms with Gasteiger partial charge in [0.15, 0.2) is 0 Å². The number of nitrogens with one attached hydrogen (secondary N) is 1. The Balaban J connectivity index is 1.81. The van der Waals surface area contributed by atoms with Gasteiger partial charge in [0, 0.05) is 20.3 Å². The molecule has 1 aromatic heterocycles. The molecule has 0 fully saturated rings. The normalized spacial score (nSPS) is 13.1. The number of pyridine rings is 1. The second kappa shape index (κ2) is 5.92. The highest BCUT2D eigenvalue weighted by Crippen LogP contribution is 2.30. The molecular formula is C19H15IN2O. The van der Waals surface area contributed by atoms with Gasteiger partial charge in [-0.1, -0.05) is 18.2 Å². The molecule has 0 unspecified atom stereocenters. The lowest BCUT2D eigenvalue weighted by molar-refractivity contribution is 0.102. The SMILES string of the molecule is O=C(Nc1ccc(I)cc1)c1c2c(nc3ccccc13)CCC2. The van der Waals surface area contributed by atoms with E-state index >= 15 is 0 Å². The van der Waals surface area contributed by atoms with Crippen molar-refractivity contribution >= 4 is 45.1 Å². The number of aryl methyl sites for hydroxylation is 1. The quantitative estimate of drug-likeness (QED) is 0.624. The molecule has 0 spiro atoms. The Morgan fingerprint density at radius 1 is 1.04 bits per heavy atom. The maximum absolute atomic E-state index is 12.9. The molecule has 0 aliphatic heterocycles. The molecule has 3 nitrogen and oxygen atoms in total. The fourth-order valence-corrected chi connectivity index (χ4v) is 3.56. The predicted molar refractivity (Wildman–Crippen MR) is 101 cm³/mol. The lowest BCUT2D eigenvalue weighted by Crippen LogP contribution is -2.15. The lowest BCUT2D eigenvalue weighted by atomic mass is 10.0. The van der Waals surface area contributed by atoms with Crippen LogP contribution in [0.1, 0.15) is 28.0 Å². The Morgan fingerprint density at radius 2 is 1.83 bits per heavy atom. The number of carbonyl (C=O) groups excluding carboxylic acids is 1. The van der Waals surface area contributed by atoms with Crippen molar-refractivity contribution in [3.05, 3.63) is 68.9 Å². The first-order valence-electron chi connectivity index (χ1n) is 7.70. The monoisotopic (exact) mass is 414 g/mol. The van der Waals surface area contributed by atoms with Crippen LogP contribution in [0.4, 0.5) is 5.69 Å². The largest absolute Gasteiger partial charge is 0.322 e. The molecule has 0 atom stereocenters. The summed E-state index contributed by atoms with van der Waals surface area (Å²) in [4.78, 5) is 17.7. The molecule has 1 amide bonds. The van der Waals surface area contributed by atoms with Crippen molar-refractivity contribution in [1.82, 2.24) is 4.98 Å². The Bertz CT molecular complexity index is 903. The zero-order chi connectivity index (χ0) is 15.8. The van der Waals surface area contributed by atoms with Crippen LogP contribution in [0.2, 0.25) is 0 Å². The molecule has 4 heteroatoms. The average molecular weight is 414 g/mol. The number of amides is 1. The summed E-state index contributed by atoms with van der Waals surface area (Å²) in [6.45, 7) is 0. The van der Waals surface area contributed by atoms with Gasteiger partial charge in [-0.15, -0.1) is 0 Å². The molecule has 2 aromatic carbocycles. The highest BCUT2D eigenvalue weighted by molar-refractivity contribution is 14.1. The first-order chi connectivity index (χ1) is 11.2. The summed E-state index contributed by atoms with van der Waals surface area (Å²) in [5.41, 5.74) is 4.72. The number of rotatable bonds is 2. The van der Waals surface area contributed by atoms with Gasteiger partial charge in [-0.3, -0.25) is 9.78 Å². The second-order valence-electron chi connectivity index (χ2n) is 5.74. The van der Waals surface area contributed by atoms with E-state index in [4.69, 9.17) is 4.98 Å². The van der Waals surface area contributed by atoms with Crippen LogP contribution in [0.3, 0.4) is 0 Å². The third-order valence-corrected chi connectivity index (χ3v) is 4.97. The second-order valence-corrected chi connectivity index (χ2v) is 6.99. The Labute approximate surface area is 148 Å². The van der Waals surface area contributed by atoms with E-state index in [1.807, 2.05) is 48.5 Å². The van der Waals surface area contributed by atoms with Crippen LogP contribution in [0.5, 0.6) is 0 Å². The van der Waals surface area contributed by atoms with Gasteiger partial charge in [-0.25, -0.2) is 0 Å². The summed E-state index contributed by atoms with van der Waals surface area (Å²) < 4.78 is 1.15. The van der Waals surface area contributed by atoms with Gasteiger partial charge in [0.1, 0.15) is 0 Å². The molecule has 1 N–H and O–H groups in total. The molecule has 1 aliphatic rings. The van der Waals surface area contributed by atoms with Crippen LogP contribution in [0.25, 0.3) is 10.9 Å². The van der Waals surface area contributed by atoms with Crippen molar-refractivity contribution in [3.63, 3.8) is 0 Å². The third-order valence-electron chi connectivity index (χ3n) is 4.25. The number of hydrogen-bond acceptors (Lipinski definition) is 2. The molecule has 3 aromatic rings. The summed E-state index contributed by atoms with van der Waals surface area (Å²) >= 11 is 2.26. The van der Waals surface area contributed by atoms with Gasteiger partial charge < -0.3 is 5.32 Å². The molecule has 0 saturated carbocycles. The standard InChI is InChI=1S/C19H15IN2O/c20-12-8-10-13(11-9-12)21-19(23)18-14-4-1-2-6-16(14)22-17-7-3-5-15(17)18/h1-2,4,6,8-11H,3,5,7H2,(H,21,23). The number of nitrogens with zero attached hydrogens (tertiary/aromatic N) is 1. The fraction of sp³-hybridized carbons (Fsp3) is 0.158. The van der Waals surface area contributed by atoms with Crippen molar-refractivity contribution in [2.45, 2.75) is 19.3 Å². The third kappa shape index (κ3) is 2.72. The number of carbonyl (C=O) groups is 1.